The van der Waals surface area contributed by atoms with Crippen LogP contribution in [0.15, 0.2) is 24.4 Å². The van der Waals surface area contributed by atoms with Crippen molar-refractivity contribution in [1.82, 2.24) is 0 Å². The van der Waals surface area contributed by atoms with E-state index in [4.69, 9.17) is 5.73 Å². The first kappa shape index (κ1) is 6.28. The Balaban J connectivity index is 3.58. The summed E-state index contributed by atoms with van der Waals surface area (Å²) in [4.78, 5) is 0. The molecule has 0 aromatic heterocycles. The Morgan fingerprint density at radius 1 is 1.57 bits per heavy atom. The quantitative estimate of drug-likeness (QED) is 0.518. The standard InChI is InChI=1S/C6H11N/c1-4-5(2)6(3)7/h2-4,7H2,1H3. The lowest BCUT2D eigenvalue weighted by atomic mass is 10.2. The number of hydrogen-bond donors (Lipinski definition) is 1. The number of nitrogens with two attached hydrogens (primary N) is 1. The molecule has 0 spiro atoms. The molecule has 0 heterocycles. The molecule has 0 unspecified atom stereocenters. The van der Waals surface area contributed by atoms with Gasteiger partial charge in [0.2, 0.25) is 0 Å². The van der Waals surface area contributed by atoms with Gasteiger partial charge in [0.05, 0.1) is 0 Å². The van der Waals surface area contributed by atoms with E-state index in [2.05, 4.69) is 13.2 Å². The lowest BCUT2D eigenvalue weighted by molar-refractivity contribution is 1.10. The Hall–Kier alpha value is -0.720. The molecule has 0 aliphatic carbocycles. The minimum atomic E-state index is 0.600. The van der Waals surface area contributed by atoms with E-state index in [1.54, 1.807) is 0 Å². The highest BCUT2D eigenvalue weighted by molar-refractivity contribution is 5.20. The number of rotatable bonds is 2. The van der Waals surface area contributed by atoms with Crippen molar-refractivity contribution in [3.05, 3.63) is 24.4 Å². The summed E-state index contributed by atoms with van der Waals surface area (Å²) in [6, 6.07) is 0. The number of allylic oxidation sites excluding steroid dienone is 1. The van der Waals surface area contributed by atoms with Gasteiger partial charge in [-0.2, -0.15) is 0 Å². The van der Waals surface area contributed by atoms with Gasteiger partial charge in [-0.1, -0.05) is 20.1 Å². The molecule has 0 saturated heterocycles. The second-order valence-corrected chi connectivity index (χ2v) is 1.48. The second kappa shape index (κ2) is 2.45. The molecule has 2 N–H and O–H groups in total. The monoisotopic (exact) mass is 97.1 g/mol. The van der Waals surface area contributed by atoms with E-state index < -0.39 is 0 Å². The molecule has 0 bridgehead atoms. The molecular formula is C6H11N. The van der Waals surface area contributed by atoms with Crippen LogP contribution in [0.25, 0.3) is 0 Å². The lowest BCUT2D eigenvalue weighted by Gasteiger charge is -1.95. The van der Waals surface area contributed by atoms with Crippen LogP contribution in [0.2, 0.25) is 0 Å². The Morgan fingerprint density at radius 2 is 2.00 bits per heavy atom. The van der Waals surface area contributed by atoms with E-state index in [1.165, 1.54) is 0 Å². The summed E-state index contributed by atoms with van der Waals surface area (Å²) in [7, 11) is 0. The molecule has 1 heteroatoms. The van der Waals surface area contributed by atoms with Crippen LogP contribution in [0.4, 0.5) is 0 Å². The van der Waals surface area contributed by atoms with E-state index in [0.717, 1.165) is 12.0 Å². The third-order valence-corrected chi connectivity index (χ3v) is 0.881. The van der Waals surface area contributed by atoms with Crippen LogP contribution in [-0.2, 0) is 0 Å². The van der Waals surface area contributed by atoms with Gasteiger partial charge < -0.3 is 5.73 Å². The highest BCUT2D eigenvalue weighted by atomic mass is 14.6. The van der Waals surface area contributed by atoms with Crippen molar-refractivity contribution in [2.75, 3.05) is 0 Å². The van der Waals surface area contributed by atoms with Gasteiger partial charge in [0, 0.05) is 5.70 Å². The van der Waals surface area contributed by atoms with E-state index in [9.17, 15) is 0 Å². The number of hydrogen-bond acceptors (Lipinski definition) is 1. The van der Waals surface area contributed by atoms with Gasteiger partial charge in [0.15, 0.2) is 0 Å². The molecule has 0 aromatic rings. The molecular weight excluding hydrogens is 86.1 g/mol. The average molecular weight is 97.2 g/mol. The third-order valence-electron chi connectivity index (χ3n) is 0.881. The second-order valence-electron chi connectivity index (χ2n) is 1.48. The zero-order valence-electron chi connectivity index (χ0n) is 4.70. The zero-order valence-corrected chi connectivity index (χ0v) is 4.70. The van der Waals surface area contributed by atoms with Gasteiger partial charge in [-0.15, -0.1) is 0 Å². The maximum Gasteiger partial charge on any atom is 0.0267 e. The van der Waals surface area contributed by atoms with Gasteiger partial charge in [0.1, 0.15) is 0 Å². The average Bonchev–Trinajstić information content (AvgIpc) is 1.65. The SMILES string of the molecule is C=C(N)C(=C)CC. The summed E-state index contributed by atoms with van der Waals surface area (Å²) in [5.74, 6) is 0. The topological polar surface area (TPSA) is 26.0 Å². The van der Waals surface area contributed by atoms with Crippen LogP contribution in [0.3, 0.4) is 0 Å². The van der Waals surface area contributed by atoms with E-state index in [-0.39, 0.29) is 0 Å². The van der Waals surface area contributed by atoms with Gasteiger partial charge in [-0.25, -0.2) is 0 Å². The molecule has 0 atom stereocenters. The molecule has 0 radical (unpaired) electrons. The Bertz CT molecular complexity index is 92.4. The van der Waals surface area contributed by atoms with Crippen LogP contribution in [0.5, 0.6) is 0 Å². The first-order valence-corrected chi connectivity index (χ1v) is 2.31. The lowest BCUT2D eigenvalue weighted by Crippen LogP contribution is -1.95. The van der Waals surface area contributed by atoms with Gasteiger partial charge in [0.25, 0.3) is 0 Å². The van der Waals surface area contributed by atoms with Crippen molar-refractivity contribution in [3.8, 4) is 0 Å². The molecule has 0 fully saturated rings. The minimum Gasteiger partial charge on any atom is -0.399 e. The van der Waals surface area contributed by atoms with Crippen LogP contribution < -0.4 is 5.73 Å². The van der Waals surface area contributed by atoms with Crippen LogP contribution >= 0.6 is 0 Å². The first-order chi connectivity index (χ1) is 3.18. The summed E-state index contributed by atoms with van der Waals surface area (Å²) in [5, 5.41) is 0. The molecule has 0 aromatic carbocycles. The fraction of sp³-hybridized carbons (Fsp3) is 0.333. The molecule has 0 aliphatic heterocycles. The normalized spacial score (nSPS) is 8.14. The highest BCUT2D eigenvalue weighted by Crippen LogP contribution is 2.00. The van der Waals surface area contributed by atoms with E-state index >= 15 is 0 Å². The van der Waals surface area contributed by atoms with Crippen LogP contribution in [-0.4, -0.2) is 0 Å². The van der Waals surface area contributed by atoms with Gasteiger partial charge >= 0.3 is 0 Å². The highest BCUT2D eigenvalue weighted by Gasteiger charge is 1.85. The summed E-state index contributed by atoms with van der Waals surface area (Å²) >= 11 is 0. The fourth-order valence-corrected chi connectivity index (χ4v) is 0.227. The Kier molecular flexibility index (Phi) is 2.20. The van der Waals surface area contributed by atoms with Crippen molar-refractivity contribution < 1.29 is 0 Å². The van der Waals surface area contributed by atoms with Crippen molar-refractivity contribution in [2.24, 2.45) is 5.73 Å². The maximum atomic E-state index is 5.25. The summed E-state index contributed by atoms with van der Waals surface area (Å²) < 4.78 is 0. The van der Waals surface area contributed by atoms with Crippen molar-refractivity contribution in [3.63, 3.8) is 0 Å². The molecule has 0 aliphatic rings. The van der Waals surface area contributed by atoms with Crippen molar-refractivity contribution in [2.45, 2.75) is 13.3 Å². The summed E-state index contributed by atoms with van der Waals surface area (Å²) in [6.45, 7) is 9.15. The van der Waals surface area contributed by atoms with Gasteiger partial charge in [-0.05, 0) is 12.0 Å². The van der Waals surface area contributed by atoms with E-state index in [0.29, 0.717) is 5.70 Å². The summed E-state index contributed by atoms with van der Waals surface area (Å²) in [5.41, 5.74) is 6.78. The predicted octanol–water partition coefficient (Wildman–Crippen LogP) is 1.43. The maximum absolute atomic E-state index is 5.25. The van der Waals surface area contributed by atoms with Crippen LogP contribution in [0, 0.1) is 0 Å². The van der Waals surface area contributed by atoms with Crippen molar-refractivity contribution >= 4 is 0 Å². The van der Waals surface area contributed by atoms with E-state index in [1.807, 2.05) is 6.92 Å². The molecule has 0 saturated carbocycles. The minimum absolute atomic E-state index is 0.600. The molecule has 0 rings (SSSR count). The Morgan fingerprint density at radius 3 is 2.00 bits per heavy atom. The first-order valence-electron chi connectivity index (χ1n) is 2.31. The van der Waals surface area contributed by atoms with Gasteiger partial charge in [-0.3, -0.25) is 0 Å². The largest absolute Gasteiger partial charge is 0.399 e. The van der Waals surface area contributed by atoms with Crippen molar-refractivity contribution in [1.29, 1.82) is 0 Å². The third kappa shape index (κ3) is 2.04. The predicted molar refractivity (Wildman–Crippen MR) is 32.8 cm³/mol. The molecule has 40 valence electrons. The zero-order chi connectivity index (χ0) is 5.86. The molecule has 0 amide bonds. The molecule has 7 heavy (non-hydrogen) atoms. The fourth-order valence-electron chi connectivity index (χ4n) is 0.227. The Labute approximate surface area is 44.5 Å². The smallest absolute Gasteiger partial charge is 0.0267 e. The van der Waals surface area contributed by atoms with Crippen LogP contribution in [0.1, 0.15) is 13.3 Å². The molecule has 1 nitrogen and oxygen atoms in total. The summed E-state index contributed by atoms with van der Waals surface area (Å²) in [6.07, 6.45) is 0.898.